The summed E-state index contributed by atoms with van der Waals surface area (Å²) < 4.78 is 32.5. The first kappa shape index (κ1) is 18.7. The molecule has 0 aliphatic carbocycles. The van der Waals surface area contributed by atoms with Crippen LogP contribution in [0.15, 0.2) is 30.5 Å². The van der Waals surface area contributed by atoms with Gasteiger partial charge in [-0.3, -0.25) is 4.79 Å². The largest absolute Gasteiger partial charge is 0.505 e. The minimum Gasteiger partial charge on any atom is -0.505 e. The second-order valence-corrected chi connectivity index (χ2v) is 5.52. The Morgan fingerprint density at radius 3 is 2.52 bits per heavy atom. The molecule has 0 saturated carbocycles. The van der Waals surface area contributed by atoms with E-state index in [-0.39, 0.29) is 5.91 Å². The van der Waals surface area contributed by atoms with Crippen LogP contribution < -0.4 is 11.1 Å². The van der Waals surface area contributed by atoms with E-state index < -0.39 is 11.9 Å². The molecule has 0 radical (unpaired) electrons. The van der Waals surface area contributed by atoms with Crippen LogP contribution in [0.2, 0.25) is 5.15 Å². The number of nitrogen functional groups attached to an aromatic ring is 1. The van der Waals surface area contributed by atoms with Crippen LogP contribution in [0.25, 0.3) is 11.3 Å². The van der Waals surface area contributed by atoms with Crippen LogP contribution in [-0.2, 0) is 6.42 Å². The third-order valence-electron chi connectivity index (χ3n) is 3.26. The smallest absolute Gasteiger partial charge is 0.448 e. The van der Waals surface area contributed by atoms with Gasteiger partial charge < -0.3 is 21.1 Å². The number of rotatable bonds is 1. The maximum Gasteiger partial charge on any atom is 0.448 e. The molecule has 3 heterocycles. The molecule has 3 rings (SSSR count). The molecule has 0 bridgehead atoms. The van der Waals surface area contributed by atoms with Crippen LogP contribution >= 0.6 is 11.6 Å². The molecular weight excluding hydrogens is 361 g/mol. The molecule has 134 valence electrons. The molecule has 2 aromatic rings. The van der Waals surface area contributed by atoms with Crippen molar-refractivity contribution in [1.82, 2.24) is 15.3 Å². The molecule has 0 fully saturated rings. The number of aliphatic hydroxyl groups is 1. The Balaban J connectivity index is 0.000000277. The van der Waals surface area contributed by atoms with E-state index in [0.29, 0.717) is 23.1 Å². The average Bonchev–Trinajstić information content (AvgIpc) is 2.91. The van der Waals surface area contributed by atoms with Gasteiger partial charge in [0.1, 0.15) is 11.0 Å². The van der Waals surface area contributed by atoms with Crippen molar-refractivity contribution in [2.75, 3.05) is 12.3 Å². The summed E-state index contributed by atoms with van der Waals surface area (Å²) in [5.74, 6) is -1.45. The second-order valence-electron chi connectivity index (χ2n) is 5.13. The summed E-state index contributed by atoms with van der Waals surface area (Å²) in [5, 5.41) is 10.7. The van der Waals surface area contributed by atoms with E-state index in [0.717, 1.165) is 23.4 Å². The molecule has 0 aromatic carbocycles. The van der Waals surface area contributed by atoms with E-state index in [2.05, 4.69) is 21.9 Å². The van der Waals surface area contributed by atoms with Gasteiger partial charge in [-0.05, 0) is 18.2 Å². The fourth-order valence-corrected chi connectivity index (χ4v) is 2.34. The minimum absolute atomic E-state index is 0.0492. The van der Waals surface area contributed by atoms with Gasteiger partial charge in [0, 0.05) is 29.9 Å². The topological polar surface area (TPSA) is 104 Å². The molecule has 2 aromatic heterocycles. The number of nitrogens with two attached hydrogens (primary N) is 1. The van der Waals surface area contributed by atoms with Gasteiger partial charge >= 0.3 is 6.18 Å². The third kappa shape index (κ3) is 4.66. The van der Waals surface area contributed by atoms with E-state index in [1.165, 1.54) is 0 Å². The van der Waals surface area contributed by atoms with Gasteiger partial charge in [0.2, 0.25) is 0 Å². The Bertz CT molecular complexity index is 797. The van der Waals surface area contributed by atoms with Crippen molar-refractivity contribution >= 4 is 23.3 Å². The molecule has 0 unspecified atom stereocenters. The van der Waals surface area contributed by atoms with E-state index >= 15 is 0 Å². The van der Waals surface area contributed by atoms with E-state index in [9.17, 15) is 18.0 Å². The number of nitrogens with one attached hydrogen (secondary N) is 2. The van der Waals surface area contributed by atoms with Gasteiger partial charge in [-0.15, -0.1) is 0 Å². The molecule has 6 nitrogen and oxygen atoms in total. The van der Waals surface area contributed by atoms with Crippen LogP contribution in [0, 0.1) is 0 Å². The number of nitrogens with zero attached hydrogens (tertiary/aromatic N) is 1. The number of aromatic amines is 1. The lowest BCUT2D eigenvalue weighted by molar-refractivity contribution is -0.119. The van der Waals surface area contributed by atoms with E-state index in [1.54, 1.807) is 12.1 Å². The number of pyridine rings is 1. The molecule has 0 saturated heterocycles. The summed E-state index contributed by atoms with van der Waals surface area (Å²) in [4.78, 5) is 18.8. The maximum absolute atomic E-state index is 11.7. The summed E-state index contributed by atoms with van der Waals surface area (Å²) in [5.41, 5.74) is 8.94. The first-order chi connectivity index (χ1) is 11.6. The number of hydrogen-bond acceptors (Lipinski definition) is 4. The number of carbonyl (C=O) groups excluding carboxylic acids is 1. The molecule has 1 aliphatic heterocycles. The zero-order chi connectivity index (χ0) is 18.8. The Morgan fingerprint density at radius 1 is 1.36 bits per heavy atom. The normalized spacial score (nSPS) is 13.4. The van der Waals surface area contributed by atoms with Crippen LogP contribution in [0.3, 0.4) is 0 Å². The van der Waals surface area contributed by atoms with Gasteiger partial charge in [0.25, 0.3) is 5.91 Å². The minimum atomic E-state index is -4.64. The van der Waals surface area contributed by atoms with E-state index in [1.807, 2.05) is 6.07 Å². The van der Waals surface area contributed by atoms with Gasteiger partial charge in [0.15, 0.2) is 5.76 Å². The number of fused-ring (bicyclic) bond motifs is 1. The Labute approximate surface area is 145 Å². The van der Waals surface area contributed by atoms with Crippen molar-refractivity contribution in [3.8, 4) is 11.3 Å². The van der Waals surface area contributed by atoms with Gasteiger partial charge in [0.05, 0.1) is 5.56 Å². The highest BCUT2D eigenvalue weighted by Crippen LogP contribution is 2.26. The van der Waals surface area contributed by atoms with Crippen LogP contribution in [0.5, 0.6) is 0 Å². The molecule has 1 amide bonds. The zero-order valence-corrected chi connectivity index (χ0v) is 13.5. The number of anilines is 1. The number of aliphatic hydroxyl groups excluding tert-OH is 1. The Kier molecular flexibility index (Phi) is 5.27. The number of aromatic nitrogens is 2. The monoisotopic (exact) mass is 374 g/mol. The van der Waals surface area contributed by atoms with Gasteiger partial charge in [-0.2, -0.15) is 13.2 Å². The lowest BCUT2D eigenvalue weighted by atomic mass is 10.1. The standard InChI is InChI=1S/C12H11ClN4O.C3H3F3O/c13-10-3-6(4-11(14)17-10)9-5-7-8(16-9)1-2-15-12(7)18;1-2(7)3(4,5)6/h3-5,16H,1-2H2,(H2,14,17)(H,15,18);7H,1H2. The highest BCUT2D eigenvalue weighted by Gasteiger charge is 2.31. The predicted molar refractivity (Wildman–Crippen MR) is 87.3 cm³/mol. The highest BCUT2D eigenvalue weighted by atomic mass is 35.5. The van der Waals surface area contributed by atoms with Crippen molar-refractivity contribution in [3.05, 3.63) is 46.9 Å². The molecule has 5 N–H and O–H groups in total. The molecule has 25 heavy (non-hydrogen) atoms. The van der Waals surface area contributed by atoms with Crippen LogP contribution in [0.4, 0.5) is 19.0 Å². The van der Waals surface area contributed by atoms with Gasteiger partial charge in [-0.25, -0.2) is 4.98 Å². The highest BCUT2D eigenvalue weighted by molar-refractivity contribution is 6.29. The third-order valence-corrected chi connectivity index (χ3v) is 3.45. The Hall–Kier alpha value is -2.68. The molecular formula is C15H14ClF3N4O2. The number of halogens is 4. The molecule has 10 heteroatoms. The van der Waals surface area contributed by atoms with Crippen LogP contribution in [0.1, 0.15) is 16.1 Å². The number of alkyl halides is 3. The second kappa shape index (κ2) is 7.06. The summed E-state index contributed by atoms with van der Waals surface area (Å²) >= 11 is 5.87. The van der Waals surface area contributed by atoms with Crippen molar-refractivity contribution in [1.29, 1.82) is 0 Å². The fraction of sp³-hybridized carbons (Fsp3) is 0.200. The predicted octanol–water partition coefficient (Wildman–Crippen LogP) is 3.22. The first-order valence-corrected chi connectivity index (χ1v) is 7.34. The first-order valence-electron chi connectivity index (χ1n) is 6.96. The number of amides is 1. The molecule has 1 aliphatic rings. The molecule has 0 atom stereocenters. The van der Waals surface area contributed by atoms with Crippen molar-refractivity contribution in [2.45, 2.75) is 12.6 Å². The SMILES string of the molecule is C=C(O)C(F)(F)F.Nc1cc(-c2cc3c([nH]2)CCNC3=O)cc(Cl)n1. The number of hydrogen-bond donors (Lipinski definition) is 4. The van der Waals surface area contributed by atoms with Gasteiger partial charge in [-0.1, -0.05) is 18.2 Å². The average molecular weight is 375 g/mol. The quantitative estimate of drug-likeness (QED) is 0.454. The van der Waals surface area contributed by atoms with Crippen molar-refractivity contribution in [2.24, 2.45) is 0 Å². The zero-order valence-electron chi connectivity index (χ0n) is 12.7. The summed E-state index contributed by atoms with van der Waals surface area (Å²) in [6, 6.07) is 5.25. The lowest BCUT2D eigenvalue weighted by Gasteiger charge is -2.10. The summed E-state index contributed by atoms with van der Waals surface area (Å²) in [6.07, 6.45) is -3.84. The van der Waals surface area contributed by atoms with Crippen molar-refractivity contribution < 1.29 is 23.1 Å². The molecule has 0 spiro atoms. The summed E-state index contributed by atoms with van der Waals surface area (Å²) in [6.45, 7) is 2.91. The Morgan fingerprint density at radius 2 is 2.00 bits per heavy atom. The number of carbonyl (C=O) groups is 1. The van der Waals surface area contributed by atoms with Crippen molar-refractivity contribution in [3.63, 3.8) is 0 Å². The summed E-state index contributed by atoms with van der Waals surface area (Å²) in [7, 11) is 0. The lowest BCUT2D eigenvalue weighted by Crippen LogP contribution is -2.31. The van der Waals surface area contributed by atoms with Crippen LogP contribution in [-0.4, -0.2) is 33.7 Å². The fourth-order valence-electron chi connectivity index (χ4n) is 2.12. The maximum atomic E-state index is 11.7. The number of H-pyrrole nitrogens is 1. The van der Waals surface area contributed by atoms with E-state index in [4.69, 9.17) is 22.4 Å². The number of allylic oxidation sites excluding steroid dienone is 1.